The van der Waals surface area contributed by atoms with Crippen molar-refractivity contribution in [1.29, 1.82) is 0 Å². The Morgan fingerprint density at radius 1 is 1.07 bits per heavy atom. The van der Waals surface area contributed by atoms with Crippen molar-refractivity contribution in [2.45, 2.75) is 11.4 Å². The smallest absolute Gasteiger partial charge is 0.268 e. The van der Waals surface area contributed by atoms with Crippen LogP contribution in [0.4, 0.5) is 14.5 Å². The Kier molecular flexibility index (Phi) is 4.91. The van der Waals surface area contributed by atoms with Crippen molar-refractivity contribution in [3.63, 3.8) is 0 Å². The number of nitrogens with one attached hydrogen (secondary N) is 2. The Labute approximate surface area is 177 Å². The molecule has 0 saturated carbocycles. The second-order valence-electron chi connectivity index (χ2n) is 6.41. The Balaban J connectivity index is 2.15. The molecule has 0 bridgehead atoms. The number of rotatable bonds is 7. The molecule has 0 aliphatic rings. The summed E-state index contributed by atoms with van der Waals surface area (Å²) < 4.78 is 102. The number of sulfonamides is 1. The van der Waals surface area contributed by atoms with Gasteiger partial charge in [-0.25, -0.2) is 29.6 Å². The molecule has 0 saturated heterocycles. The zero-order valence-electron chi connectivity index (χ0n) is 18.6. The van der Waals surface area contributed by atoms with Crippen LogP contribution in [0.1, 0.15) is 9.68 Å². The number of anilines is 1. The minimum Gasteiger partial charge on any atom is -0.316 e. The highest BCUT2D eigenvalue weighted by Gasteiger charge is 2.24. The number of hydrogen-bond acceptors (Lipinski definition) is 5. The molecule has 7 nitrogen and oxygen atoms in total. The van der Waals surface area contributed by atoms with Gasteiger partial charge in [0.2, 0.25) is 10.0 Å². The van der Waals surface area contributed by atoms with Gasteiger partial charge in [-0.2, -0.15) is 0 Å². The van der Waals surface area contributed by atoms with Crippen LogP contribution in [0.3, 0.4) is 0 Å². The fourth-order valence-corrected chi connectivity index (χ4v) is 4.83. The third-order valence-electron chi connectivity index (χ3n) is 4.04. The van der Waals surface area contributed by atoms with Crippen LogP contribution < -0.4 is 10.0 Å². The highest BCUT2D eigenvalue weighted by atomic mass is 32.2. The zero-order valence-corrected chi connectivity index (χ0v) is 17.2. The molecule has 0 fully saturated rings. The molecule has 0 radical (unpaired) electrons. The molecule has 0 spiro atoms. The Morgan fingerprint density at radius 2 is 1.83 bits per heavy atom. The third-order valence-corrected chi connectivity index (χ3v) is 6.31. The first kappa shape index (κ1) is 18.0. The van der Waals surface area contributed by atoms with Crippen molar-refractivity contribution >= 4 is 25.7 Å². The van der Waals surface area contributed by atoms with Gasteiger partial charge in [0.05, 0.1) is 16.8 Å². The number of halogens is 2. The van der Waals surface area contributed by atoms with Crippen LogP contribution in [-0.4, -0.2) is 34.0 Å². The van der Waals surface area contributed by atoms with Gasteiger partial charge in [0.15, 0.2) is 0 Å². The van der Waals surface area contributed by atoms with Gasteiger partial charge in [0.1, 0.15) is 11.6 Å². The van der Waals surface area contributed by atoms with E-state index in [1.807, 2.05) is 0 Å². The van der Waals surface area contributed by atoms with E-state index < -0.39 is 38.7 Å². The summed E-state index contributed by atoms with van der Waals surface area (Å²) in [7, 11) is -8.08. The molecule has 0 amide bonds. The molecule has 0 atom stereocenters. The van der Waals surface area contributed by atoms with E-state index in [-0.39, 0.29) is 33.9 Å². The normalized spacial score (nSPS) is 14.0. The van der Waals surface area contributed by atoms with E-state index in [4.69, 9.17) is 4.11 Å². The van der Waals surface area contributed by atoms with Crippen molar-refractivity contribution in [3.05, 3.63) is 71.9 Å². The van der Waals surface area contributed by atoms with Crippen LogP contribution in [-0.2, 0) is 26.6 Å². The monoisotopic (exact) mass is 458 g/mol. The fraction of sp³-hybridized carbons (Fsp3) is 0.158. The lowest BCUT2D eigenvalue weighted by Gasteiger charge is -2.12. The molecule has 11 heteroatoms. The van der Waals surface area contributed by atoms with Crippen LogP contribution >= 0.6 is 0 Å². The molecule has 0 aliphatic carbocycles. The van der Waals surface area contributed by atoms with Gasteiger partial charge in [0.25, 0.3) is 10.0 Å². The summed E-state index contributed by atoms with van der Waals surface area (Å²) in [5, 5.41) is 2.24. The average Bonchev–Trinajstić information content (AvgIpc) is 3.10. The van der Waals surface area contributed by atoms with E-state index in [0.29, 0.717) is 6.07 Å². The second-order valence-corrected chi connectivity index (χ2v) is 9.98. The van der Waals surface area contributed by atoms with Crippen molar-refractivity contribution in [2.24, 2.45) is 0 Å². The van der Waals surface area contributed by atoms with Gasteiger partial charge in [-0.1, -0.05) is 6.07 Å². The highest BCUT2D eigenvalue weighted by molar-refractivity contribution is 7.92. The van der Waals surface area contributed by atoms with Crippen LogP contribution in [0, 0.1) is 11.6 Å². The van der Waals surface area contributed by atoms with Crippen molar-refractivity contribution in [1.82, 2.24) is 9.29 Å². The maximum Gasteiger partial charge on any atom is 0.268 e. The predicted octanol–water partition coefficient (Wildman–Crippen LogP) is 2.76. The van der Waals surface area contributed by atoms with Gasteiger partial charge < -0.3 is 5.32 Å². The molecule has 1 aromatic heterocycles. The summed E-state index contributed by atoms with van der Waals surface area (Å²) in [4.78, 5) is -0.314. The van der Waals surface area contributed by atoms with E-state index in [9.17, 15) is 25.6 Å². The molecular formula is C19H19F2N3O4S2. The number of hydrogen-bond donors (Lipinski definition) is 2. The molecule has 3 aromatic rings. The average molecular weight is 459 g/mol. The van der Waals surface area contributed by atoms with Gasteiger partial charge in [-0.3, -0.25) is 4.72 Å². The Morgan fingerprint density at radius 3 is 2.50 bits per heavy atom. The van der Waals surface area contributed by atoms with E-state index >= 15 is 0 Å². The summed E-state index contributed by atoms with van der Waals surface area (Å²) in [6, 6.07) is 8.85. The zero-order chi connectivity index (χ0) is 24.6. The van der Waals surface area contributed by atoms with Gasteiger partial charge in [-0.05, 0) is 48.9 Å². The lowest BCUT2D eigenvalue weighted by molar-refractivity contribution is 0.583. The van der Waals surface area contributed by atoms with E-state index in [1.54, 1.807) is 0 Å². The summed E-state index contributed by atoms with van der Waals surface area (Å²) in [6.07, 6.45) is 2.02. The van der Waals surface area contributed by atoms with Crippen LogP contribution in [0.5, 0.6) is 0 Å². The number of aromatic nitrogens is 1. The van der Waals surface area contributed by atoms with Gasteiger partial charge in [0, 0.05) is 34.2 Å². The minimum atomic E-state index is -4.40. The maximum absolute atomic E-state index is 14.5. The maximum atomic E-state index is 14.5. The molecular weight excluding hydrogens is 436 g/mol. The SMILES string of the molecule is [2H]C([2H])([2H])NCc1cc(-c2ccc(F)cc2F)n(S(=O)(=O)c2cccc(NS(C)(=O)=O)c2)c1. The van der Waals surface area contributed by atoms with Crippen molar-refractivity contribution in [2.75, 3.05) is 18.0 Å². The predicted molar refractivity (Wildman–Crippen MR) is 110 cm³/mol. The van der Waals surface area contributed by atoms with Crippen molar-refractivity contribution < 1.29 is 29.7 Å². The van der Waals surface area contributed by atoms with E-state index in [2.05, 4.69) is 10.0 Å². The first-order chi connectivity index (χ1) is 15.2. The summed E-state index contributed by atoms with van der Waals surface area (Å²) in [6.45, 7) is -2.77. The van der Waals surface area contributed by atoms with Gasteiger partial charge >= 0.3 is 0 Å². The van der Waals surface area contributed by atoms with Crippen LogP contribution in [0.25, 0.3) is 11.3 Å². The van der Waals surface area contributed by atoms with E-state index in [1.165, 1.54) is 24.3 Å². The molecule has 0 unspecified atom stereocenters. The second kappa shape index (κ2) is 8.17. The molecule has 3 rings (SSSR count). The molecule has 30 heavy (non-hydrogen) atoms. The van der Waals surface area contributed by atoms with Crippen LogP contribution in [0.2, 0.25) is 0 Å². The minimum absolute atomic E-state index is 0.00969. The lowest BCUT2D eigenvalue weighted by Crippen LogP contribution is -2.15. The summed E-state index contributed by atoms with van der Waals surface area (Å²) in [5.74, 6) is -1.88. The standard InChI is InChI=1S/C19H19F2N3O4S2/c1-22-11-13-8-19(17-7-6-14(20)9-18(17)21)24(12-13)30(27,28)16-5-3-4-15(10-16)23-29(2,25)26/h3-10,12,22-23H,11H2,1-2H3/i1D3. The molecule has 1 heterocycles. The first-order valence-electron chi connectivity index (χ1n) is 9.91. The van der Waals surface area contributed by atoms with Crippen LogP contribution in [0.15, 0.2) is 59.6 Å². The lowest BCUT2D eigenvalue weighted by atomic mass is 10.1. The summed E-state index contributed by atoms with van der Waals surface area (Å²) in [5.41, 5.74) is -0.204. The number of nitrogens with zero attached hydrogens (tertiary/aromatic N) is 1. The summed E-state index contributed by atoms with van der Waals surface area (Å²) >= 11 is 0. The quantitative estimate of drug-likeness (QED) is 0.568. The molecule has 2 N–H and O–H groups in total. The van der Waals surface area contributed by atoms with Gasteiger partial charge in [-0.15, -0.1) is 0 Å². The fourth-order valence-electron chi connectivity index (χ4n) is 2.84. The topological polar surface area (TPSA) is 97.3 Å². The Hall–Kier alpha value is -2.76. The third kappa shape index (κ3) is 4.69. The first-order valence-corrected chi connectivity index (χ1v) is 11.7. The largest absolute Gasteiger partial charge is 0.316 e. The number of benzene rings is 2. The molecule has 160 valence electrons. The van der Waals surface area contributed by atoms with Crippen molar-refractivity contribution in [3.8, 4) is 11.3 Å². The van der Waals surface area contributed by atoms with E-state index in [0.717, 1.165) is 34.6 Å². The molecule has 2 aromatic carbocycles. The molecule has 0 aliphatic heterocycles. The highest BCUT2D eigenvalue weighted by Crippen LogP contribution is 2.30. The Bertz CT molecular complexity index is 1410.